The summed E-state index contributed by atoms with van der Waals surface area (Å²) in [6.07, 6.45) is 4.82. The highest BCUT2D eigenvalue weighted by Crippen LogP contribution is 2.33. The predicted octanol–water partition coefficient (Wildman–Crippen LogP) is 4.35. The van der Waals surface area contributed by atoms with Gasteiger partial charge in [-0.15, -0.1) is 0 Å². The lowest BCUT2D eigenvalue weighted by atomic mass is 10.0. The van der Waals surface area contributed by atoms with Gasteiger partial charge in [0.1, 0.15) is 5.82 Å². The molecule has 1 amide bonds. The SMILES string of the molecule is CC(C)(C)NC(=O)Cc1ccc2c(c1)N(C1CCN(CCc3ccc(F)cc3)CC1)CC2. The van der Waals surface area contributed by atoms with Gasteiger partial charge in [-0.25, -0.2) is 4.39 Å². The molecule has 0 spiro atoms. The van der Waals surface area contributed by atoms with Crippen LogP contribution in [0.25, 0.3) is 0 Å². The van der Waals surface area contributed by atoms with Crippen LogP contribution in [0.2, 0.25) is 0 Å². The van der Waals surface area contributed by atoms with Crippen LogP contribution < -0.4 is 10.2 Å². The van der Waals surface area contributed by atoms with Crippen LogP contribution in [0.15, 0.2) is 42.5 Å². The lowest BCUT2D eigenvalue weighted by molar-refractivity contribution is -0.121. The number of piperidine rings is 1. The lowest BCUT2D eigenvalue weighted by Crippen LogP contribution is -2.45. The first-order valence-electron chi connectivity index (χ1n) is 11.9. The molecule has 0 bridgehead atoms. The van der Waals surface area contributed by atoms with Crippen LogP contribution in [0.3, 0.4) is 0 Å². The molecule has 2 aromatic rings. The van der Waals surface area contributed by atoms with Crippen molar-refractivity contribution in [1.29, 1.82) is 0 Å². The third-order valence-electron chi connectivity index (χ3n) is 6.59. The van der Waals surface area contributed by atoms with E-state index in [0.717, 1.165) is 57.4 Å². The number of rotatable bonds is 6. The van der Waals surface area contributed by atoms with Crippen LogP contribution in [-0.2, 0) is 24.1 Å². The third kappa shape index (κ3) is 5.89. The van der Waals surface area contributed by atoms with E-state index in [1.807, 2.05) is 32.9 Å². The summed E-state index contributed by atoms with van der Waals surface area (Å²) >= 11 is 0. The van der Waals surface area contributed by atoms with Crippen molar-refractivity contribution in [1.82, 2.24) is 10.2 Å². The van der Waals surface area contributed by atoms with E-state index in [1.165, 1.54) is 16.8 Å². The number of anilines is 1. The fourth-order valence-electron chi connectivity index (χ4n) is 4.98. The Morgan fingerprint density at radius 1 is 1.03 bits per heavy atom. The molecule has 2 aromatic carbocycles. The van der Waals surface area contributed by atoms with Gasteiger partial charge in [0.25, 0.3) is 0 Å². The molecule has 1 saturated heterocycles. The number of nitrogens with zero attached hydrogens (tertiary/aromatic N) is 2. The Bertz CT molecular complexity index is 927. The Hall–Kier alpha value is -2.40. The summed E-state index contributed by atoms with van der Waals surface area (Å²) in [5.41, 5.74) is 4.82. The summed E-state index contributed by atoms with van der Waals surface area (Å²) in [6.45, 7) is 10.4. The Morgan fingerprint density at radius 3 is 2.41 bits per heavy atom. The molecular formula is C27H36FN3O. The first-order chi connectivity index (χ1) is 15.3. The molecule has 0 aliphatic carbocycles. The minimum atomic E-state index is -0.204. The highest BCUT2D eigenvalue weighted by atomic mass is 19.1. The second kappa shape index (κ2) is 9.62. The average molecular weight is 438 g/mol. The molecule has 4 nitrogen and oxygen atoms in total. The molecule has 172 valence electrons. The molecule has 0 saturated carbocycles. The summed E-state index contributed by atoms with van der Waals surface area (Å²) in [5.74, 6) is -0.0880. The summed E-state index contributed by atoms with van der Waals surface area (Å²) < 4.78 is 13.1. The number of fused-ring (bicyclic) bond motifs is 1. The normalized spacial score (nSPS) is 17.4. The molecule has 0 radical (unpaired) electrons. The first-order valence-corrected chi connectivity index (χ1v) is 11.9. The maximum Gasteiger partial charge on any atom is 0.224 e. The van der Waals surface area contributed by atoms with Crippen molar-refractivity contribution >= 4 is 11.6 Å². The number of nitrogens with one attached hydrogen (secondary N) is 1. The number of likely N-dealkylation sites (tertiary alicyclic amines) is 1. The van der Waals surface area contributed by atoms with Crippen LogP contribution in [0.4, 0.5) is 10.1 Å². The van der Waals surface area contributed by atoms with Crippen molar-refractivity contribution in [3.05, 3.63) is 65.0 Å². The number of carbonyl (C=O) groups is 1. The zero-order chi connectivity index (χ0) is 22.7. The maximum atomic E-state index is 13.1. The minimum absolute atomic E-state index is 0.0801. The summed E-state index contributed by atoms with van der Waals surface area (Å²) in [6, 6.07) is 14.0. The Labute approximate surface area is 191 Å². The van der Waals surface area contributed by atoms with Crippen LogP contribution in [0, 0.1) is 5.82 Å². The molecular weight excluding hydrogens is 401 g/mol. The third-order valence-corrected chi connectivity index (χ3v) is 6.59. The monoisotopic (exact) mass is 437 g/mol. The molecule has 0 atom stereocenters. The van der Waals surface area contributed by atoms with Crippen molar-refractivity contribution in [2.75, 3.05) is 31.1 Å². The number of halogens is 1. The Kier molecular flexibility index (Phi) is 6.85. The smallest absolute Gasteiger partial charge is 0.224 e. The number of carbonyl (C=O) groups excluding carboxylic acids is 1. The van der Waals surface area contributed by atoms with Crippen molar-refractivity contribution in [3.63, 3.8) is 0 Å². The fourth-order valence-corrected chi connectivity index (χ4v) is 4.98. The largest absolute Gasteiger partial charge is 0.368 e. The van der Waals surface area contributed by atoms with E-state index < -0.39 is 0 Å². The van der Waals surface area contributed by atoms with E-state index in [2.05, 4.69) is 33.3 Å². The second-order valence-electron chi connectivity index (χ2n) is 10.3. The van der Waals surface area contributed by atoms with Crippen molar-refractivity contribution in [3.8, 4) is 0 Å². The lowest BCUT2D eigenvalue weighted by Gasteiger charge is -2.38. The standard InChI is InChI=1S/C27H36FN3O/c1-27(2,3)29-26(32)19-21-4-7-22-11-17-31(25(22)18-21)24-12-15-30(16-13-24)14-10-20-5-8-23(28)9-6-20/h4-9,18,24H,10-17,19H2,1-3H3,(H,29,32). The summed E-state index contributed by atoms with van der Waals surface area (Å²) in [7, 11) is 0. The van der Waals surface area contributed by atoms with Gasteiger partial charge in [-0.3, -0.25) is 4.79 Å². The predicted molar refractivity (Wildman–Crippen MR) is 129 cm³/mol. The Morgan fingerprint density at radius 2 is 1.72 bits per heavy atom. The highest BCUT2D eigenvalue weighted by Gasteiger charge is 2.29. The molecule has 2 aliphatic heterocycles. The van der Waals surface area contributed by atoms with Crippen LogP contribution >= 0.6 is 0 Å². The van der Waals surface area contributed by atoms with Crippen molar-refractivity contribution in [2.24, 2.45) is 0 Å². The number of hydrogen-bond donors (Lipinski definition) is 1. The van der Waals surface area contributed by atoms with E-state index >= 15 is 0 Å². The molecule has 0 aromatic heterocycles. The van der Waals surface area contributed by atoms with Crippen LogP contribution in [-0.4, -0.2) is 48.6 Å². The van der Waals surface area contributed by atoms with Gasteiger partial charge in [0.05, 0.1) is 6.42 Å². The van der Waals surface area contributed by atoms with Crippen LogP contribution in [0.5, 0.6) is 0 Å². The highest BCUT2D eigenvalue weighted by molar-refractivity contribution is 5.80. The maximum absolute atomic E-state index is 13.1. The quantitative estimate of drug-likeness (QED) is 0.730. The van der Waals surface area contributed by atoms with Gasteiger partial charge in [0.2, 0.25) is 5.91 Å². The molecule has 2 aliphatic rings. The average Bonchev–Trinajstić information content (AvgIpc) is 3.15. The van der Waals surface area contributed by atoms with Gasteiger partial charge >= 0.3 is 0 Å². The van der Waals surface area contributed by atoms with E-state index in [-0.39, 0.29) is 17.3 Å². The molecule has 5 heteroatoms. The molecule has 32 heavy (non-hydrogen) atoms. The van der Waals surface area contributed by atoms with Gasteiger partial charge < -0.3 is 15.1 Å². The topological polar surface area (TPSA) is 35.6 Å². The summed E-state index contributed by atoms with van der Waals surface area (Å²) in [5, 5.41) is 3.06. The molecule has 4 rings (SSSR count). The Balaban J connectivity index is 1.31. The molecule has 0 unspecified atom stereocenters. The van der Waals surface area contributed by atoms with Gasteiger partial charge in [0.15, 0.2) is 0 Å². The fraction of sp³-hybridized carbons (Fsp3) is 0.519. The number of amides is 1. The van der Waals surface area contributed by atoms with Gasteiger partial charge in [0, 0.05) is 43.4 Å². The number of benzene rings is 2. The van der Waals surface area contributed by atoms with Gasteiger partial charge in [-0.2, -0.15) is 0 Å². The molecule has 2 heterocycles. The van der Waals surface area contributed by atoms with E-state index in [1.54, 1.807) is 12.1 Å². The van der Waals surface area contributed by atoms with E-state index in [0.29, 0.717) is 12.5 Å². The van der Waals surface area contributed by atoms with Crippen LogP contribution in [0.1, 0.15) is 50.3 Å². The second-order valence-corrected chi connectivity index (χ2v) is 10.3. The number of hydrogen-bond acceptors (Lipinski definition) is 3. The first kappa shape index (κ1) is 22.8. The molecule has 1 fully saturated rings. The zero-order valence-electron chi connectivity index (χ0n) is 19.7. The van der Waals surface area contributed by atoms with E-state index in [4.69, 9.17) is 0 Å². The molecule has 1 N–H and O–H groups in total. The minimum Gasteiger partial charge on any atom is -0.368 e. The van der Waals surface area contributed by atoms with Crippen molar-refractivity contribution in [2.45, 2.75) is 64.5 Å². The van der Waals surface area contributed by atoms with Crippen molar-refractivity contribution < 1.29 is 9.18 Å². The van der Waals surface area contributed by atoms with E-state index in [9.17, 15) is 9.18 Å². The van der Waals surface area contributed by atoms with Gasteiger partial charge in [-0.1, -0.05) is 24.3 Å². The van der Waals surface area contributed by atoms with Gasteiger partial charge in [-0.05, 0) is 81.3 Å². The summed E-state index contributed by atoms with van der Waals surface area (Å²) in [4.78, 5) is 17.5. The zero-order valence-corrected chi connectivity index (χ0v) is 19.7.